The molecule has 0 unspecified atom stereocenters. The highest BCUT2D eigenvalue weighted by Gasteiger charge is 2.29. The Morgan fingerprint density at radius 3 is 2.26 bits per heavy atom. The summed E-state index contributed by atoms with van der Waals surface area (Å²) in [6.45, 7) is 11.0. The molecule has 1 aromatic heterocycles. The molecule has 0 saturated carbocycles. The smallest absolute Gasteiger partial charge is 0.243 e. The lowest BCUT2D eigenvalue weighted by atomic mass is 9.87. The molecular formula is C19H27N3O4S. The SMILES string of the molecule is Cc1cc(NC(=O)CN(C(C)C)S(=O)(=O)c2ccc(C(C)(C)C)cc2)no1. The Bertz CT molecular complexity index is 894. The van der Waals surface area contributed by atoms with Gasteiger partial charge in [0, 0.05) is 12.1 Å². The fraction of sp³-hybridized carbons (Fsp3) is 0.474. The molecule has 1 N–H and O–H groups in total. The molecule has 0 fully saturated rings. The zero-order chi connectivity index (χ0) is 20.4. The third-order valence-electron chi connectivity index (χ3n) is 4.10. The molecule has 0 atom stereocenters. The van der Waals surface area contributed by atoms with Crippen molar-refractivity contribution >= 4 is 21.7 Å². The number of hydrogen-bond donors (Lipinski definition) is 1. The van der Waals surface area contributed by atoms with Crippen LogP contribution in [-0.2, 0) is 20.2 Å². The first-order chi connectivity index (χ1) is 12.4. The second-order valence-corrected chi connectivity index (χ2v) is 9.68. The highest BCUT2D eigenvalue weighted by molar-refractivity contribution is 7.89. The van der Waals surface area contributed by atoms with Crippen LogP contribution in [0.3, 0.4) is 0 Å². The van der Waals surface area contributed by atoms with Gasteiger partial charge in [-0.05, 0) is 43.9 Å². The lowest BCUT2D eigenvalue weighted by molar-refractivity contribution is -0.116. The van der Waals surface area contributed by atoms with Gasteiger partial charge in [0.2, 0.25) is 15.9 Å². The Kier molecular flexibility index (Phi) is 6.11. The van der Waals surface area contributed by atoms with Crippen molar-refractivity contribution in [3.63, 3.8) is 0 Å². The van der Waals surface area contributed by atoms with Gasteiger partial charge in [-0.25, -0.2) is 8.42 Å². The second kappa shape index (κ2) is 7.82. The normalized spacial score (nSPS) is 12.6. The maximum Gasteiger partial charge on any atom is 0.243 e. The summed E-state index contributed by atoms with van der Waals surface area (Å²) < 4.78 is 32.1. The summed E-state index contributed by atoms with van der Waals surface area (Å²) in [7, 11) is -3.82. The Balaban J connectivity index is 2.22. The molecule has 2 aromatic rings. The van der Waals surface area contributed by atoms with Gasteiger partial charge in [0.1, 0.15) is 5.76 Å². The van der Waals surface area contributed by atoms with E-state index < -0.39 is 15.9 Å². The van der Waals surface area contributed by atoms with Gasteiger partial charge in [-0.2, -0.15) is 4.31 Å². The standard InChI is InChI=1S/C19H27N3O4S/c1-13(2)22(12-18(23)20-17-11-14(3)26-21-17)27(24,25)16-9-7-15(8-10-16)19(4,5)6/h7-11,13H,12H2,1-6H3,(H,20,21,23). The van der Waals surface area contributed by atoms with Crippen LogP contribution < -0.4 is 5.32 Å². The number of nitrogens with one attached hydrogen (secondary N) is 1. The van der Waals surface area contributed by atoms with Crippen LogP contribution in [0.5, 0.6) is 0 Å². The number of nitrogens with zero attached hydrogens (tertiary/aromatic N) is 2. The zero-order valence-corrected chi connectivity index (χ0v) is 17.4. The van der Waals surface area contributed by atoms with Crippen molar-refractivity contribution in [1.82, 2.24) is 9.46 Å². The maximum atomic E-state index is 13.0. The molecule has 1 heterocycles. The predicted molar refractivity (Wildman–Crippen MR) is 104 cm³/mol. The molecule has 148 valence electrons. The lowest BCUT2D eigenvalue weighted by Crippen LogP contribution is -2.42. The zero-order valence-electron chi connectivity index (χ0n) is 16.6. The van der Waals surface area contributed by atoms with E-state index in [0.717, 1.165) is 5.56 Å². The molecule has 0 radical (unpaired) electrons. The van der Waals surface area contributed by atoms with Crippen molar-refractivity contribution in [1.29, 1.82) is 0 Å². The van der Waals surface area contributed by atoms with Crippen molar-refractivity contribution in [3.8, 4) is 0 Å². The quantitative estimate of drug-likeness (QED) is 0.813. The van der Waals surface area contributed by atoms with Crippen LogP contribution in [0, 0.1) is 6.92 Å². The average molecular weight is 394 g/mol. The molecule has 0 spiro atoms. The molecule has 0 saturated heterocycles. The van der Waals surface area contributed by atoms with E-state index in [4.69, 9.17) is 4.52 Å². The molecule has 0 bridgehead atoms. The average Bonchev–Trinajstić information content (AvgIpc) is 2.96. The van der Waals surface area contributed by atoms with E-state index in [9.17, 15) is 13.2 Å². The van der Waals surface area contributed by atoms with Crippen molar-refractivity contribution in [3.05, 3.63) is 41.7 Å². The van der Waals surface area contributed by atoms with Crippen LogP contribution in [-0.4, -0.2) is 36.4 Å². The van der Waals surface area contributed by atoms with Crippen molar-refractivity contribution < 1.29 is 17.7 Å². The molecule has 1 aromatic carbocycles. The van der Waals surface area contributed by atoms with Gasteiger partial charge < -0.3 is 9.84 Å². The summed E-state index contributed by atoms with van der Waals surface area (Å²) in [5.74, 6) is 0.331. The first-order valence-corrected chi connectivity index (χ1v) is 10.2. The molecular weight excluding hydrogens is 366 g/mol. The Hall–Kier alpha value is -2.19. The third kappa shape index (κ3) is 5.17. The summed E-state index contributed by atoms with van der Waals surface area (Å²) in [4.78, 5) is 12.5. The molecule has 1 amide bonds. The van der Waals surface area contributed by atoms with Crippen molar-refractivity contribution in [2.24, 2.45) is 0 Å². The molecule has 2 rings (SSSR count). The van der Waals surface area contributed by atoms with E-state index in [0.29, 0.717) is 5.76 Å². The number of hydrogen-bond acceptors (Lipinski definition) is 5. The molecule has 27 heavy (non-hydrogen) atoms. The summed E-state index contributed by atoms with van der Waals surface area (Å²) >= 11 is 0. The van der Waals surface area contributed by atoms with Gasteiger partial charge >= 0.3 is 0 Å². The van der Waals surface area contributed by atoms with Gasteiger partial charge in [-0.3, -0.25) is 4.79 Å². The van der Waals surface area contributed by atoms with Gasteiger partial charge in [0.25, 0.3) is 0 Å². The number of carbonyl (C=O) groups is 1. The number of benzene rings is 1. The second-order valence-electron chi connectivity index (χ2n) is 7.79. The third-order valence-corrected chi connectivity index (χ3v) is 6.13. The number of rotatable bonds is 6. The highest BCUT2D eigenvalue weighted by atomic mass is 32.2. The van der Waals surface area contributed by atoms with Gasteiger partial charge in [0.05, 0.1) is 11.4 Å². The van der Waals surface area contributed by atoms with Gasteiger partial charge in [0.15, 0.2) is 5.82 Å². The molecule has 8 heteroatoms. The van der Waals surface area contributed by atoms with Crippen LogP contribution in [0.2, 0.25) is 0 Å². The number of aryl methyl sites for hydroxylation is 1. The number of anilines is 1. The first-order valence-electron chi connectivity index (χ1n) is 8.77. The van der Waals surface area contributed by atoms with E-state index in [2.05, 4.69) is 31.2 Å². The van der Waals surface area contributed by atoms with E-state index in [1.54, 1.807) is 39.0 Å². The molecule has 0 aliphatic rings. The summed E-state index contributed by atoms with van der Waals surface area (Å²) in [5, 5.41) is 6.24. The minimum Gasteiger partial charge on any atom is -0.360 e. The number of carbonyl (C=O) groups excluding carboxylic acids is 1. The fourth-order valence-corrected chi connectivity index (χ4v) is 4.15. The molecule has 7 nitrogen and oxygen atoms in total. The summed E-state index contributed by atoms with van der Waals surface area (Å²) in [6, 6.07) is 7.97. The minimum atomic E-state index is -3.82. The largest absolute Gasteiger partial charge is 0.360 e. The highest BCUT2D eigenvalue weighted by Crippen LogP contribution is 2.25. The van der Waals surface area contributed by atoms with Crippen LogP contribution in [0.4, 0.5) is 5.82 Å². The van der Waals surface area contributed by atoms with Crippen LogP contribution in [0.15, 0.2) is 39.8 Å². The summed E-state index contributed by atoms with van der Waals surface area (Å²) in [6.07, 6.45) is 0. The monoisotopic (exact) mass is 393 g/mol. The first kappa shape index (κ1) is 21.1. The molecule has 0 aliphatic carbocycles. The maximum absolute atomic E-state index is 13.0. The Morgan fingerprint density at radius 1 is 1.22 bits per heavy atom. The van der Waals surface area contributed by atoms with Gasteiger partial charge in [-0.1, -0.05) is 38.1 Å². The Labute approximate surface area is 160 Å². The van der Waals surface area contributed by atoms with Gasteiger partial charge in [-0.15, -0.1) is 0 Å². The van der Waals surface area contributed by atoms with Crippen LogP contribution in [0.25, 0.3) is 0 Å². The van der Waals surface area contributed by atoms with E-state index in [-0.39, 0.29) is 28.7 Å². The fourth-order valence-electron chi connectivity index (χ4n) is 2.56. The predicted octanol–water partition coefficient (Wildman–Crippen LogP) is 3.32. The van der Waals surface area contributed by atoms with Crippen LogP contribution in [0.1, 0.15) is 45.9 Å². The van der Waals surface area contributed by atoms with Crippen LogP contribution >= 0.6 is 0 Å². The number of amides is 1. The number of sulfonamides is 1. The topological polar surface area (TPSA) is 92.5 Å². The molecule has 0 aliphatic heterocycles. The Morgan fingerprint density at radius 2 is 1.81 bits per heavy atom. The van der Waals surface area contributed by atoms with E-state index >= 15 is 0 Å². The van der Waals surface area contributed by atoms with Crippen molar-refractivity contribution in [2.45, 2.75) is 57.9 Å². The van der Waals surface area contributed by atoms with E-state index in [1.165, 1.54) is 4.31 Å². The minimum absolute atomic E-state index is 0.0738. The van der Waals surface area contributed by atoms with Crippen molar-refractivity contribution in [2.75, 3.05) is 11.9 Å². The number of aromatic nitrogens is 1. The van der Waals surface area contributed by atoms with E-state index in [1.807, 2.05) is 12.1 Å². The summed E-state index contributed by atoms with van der Waals surface area (Å²) in [5.41, 5.74) is 0.965. The lowest BCUT2D eigenvalue weighted by Gasteiger charge is -2.26.